The number of nitrogens with zero attached hydrogens (tertiary/aromatic N) is 3. The fourth-order valence-electron chi connectivity index (χ4n) is 5.12. The van der Waals surface area contributed by atoms with Crippen LogP contribution in [0.4, 0.5) is 11.4 Å². The zero-order chi connectivity index (χ0) is 28.3. The van der Waals surface area contributed by atoms with Gasteiger partial charge in [0.25, 0.3) is 0 Å². The molecule has 0 spiro atoms. The summed E-state index contributed by atoms with van der Waals surface area (Å²) in [5.74, 6) is -3.54. The van der Waals surface area contributed by atoms with Gasteiger partial charge in [0.05, 0.1) is 54.3 Å². The number of allylic oxidation sites excluding steroid dienone is 1. The molecule has 2 heterocycles. The average molecular weight is 531 g/mol. The number of rotatable bonds is 6. The van der Waals surface area contributed by atoms with Crippen LogP contribution in [0.2, 0.25) is 0 Å². The maximum Gasteiger partial charge on any atom is 0.355 e. The van der Waals surface area contributed by atoms with E-state index in [-0.39, 0.29) is 33.9 Å². The maximum atomic E-state index is 13.4. The molecule has 1 atom stereocenters. The third-order valence-corrected chi connectivity index (χ3v) is 7.20. The van der Waals surface area contributed by atoms with Crippen molar-refractivity contribution in [2.45, 2.75) is 25.7 Å². The predicted octanol–water partition coefficient (Wildman–Crippen LogP) is 3.52. The Bertz CT molecular complexity index is 1400. The maximum absolute atomic E-state index is 13.4. The molecule has 1 saturated heterocycles. The first kappa shape index (κ1) is 27.3. The number of carbonyl (C=O) groups excluding carboxylic acids is 2. The summed E-state index contributed by atoms with van der Waals surface area (Å²) in [7, 11) is 2.34. The molecule has 2 aromatic carbocycles. The molecule has 0 aromatic heterocycles. The quantitative estimate of drug-likeness (QED) is 0.532. The molecule has 1 unspecified atom stereocenters. The standard InChI is InChI=1S/C29H30N4O6/c1-17-11-13-32(14-12-17)21-10-9-19(27(34)35)15-22(21)33-25(29(37)39-3)24(28(36)38-2)23(20(16-30)26(33)31)18-7-5-4-6-8-18/h4-10,15,17,23H,11-14,31H2,1-3H3,(H,34,35). The number of nitrogens with two attached hydrogens (primary N) is 1. The van der Waals surface area contributed by atoms with E-state index in [9.17, 15) is 24.8 Å². The van der Waals surface area contributed by atoms with E-state index >= 15 is 0 Å². The second kappa shape index (κ2) is 11.3. The van der Waals surface area contributed by atoms with Crippen molar-refractivity contribution in [3.8, 4) is 6.07 Å². The lowest BCUT2D eigenvalue weighted by Crippen LogP contribution is -2.42. The number of aromatic carboxylic acids is 1. The molecule has 2 aromatic rings. The summed E-state index contributed by atoms with van der Waals surface area (Å²) in [6, 6.07) is 15.3. The molecule has 0 radical (unpaired) electrons. The molecule has 0 amide bonds. The van der Waals surface area contributed by atoms with Crippen molar-refractivity contribution >= 4 is 29.3 Å². The van der Waals surface area contributed by atoms with Gasteiger partial charge in [-0.15, -0.1) is 0 Å². The first-order valence-corrected chi connectivity index (χ1v) is 12.5. The number of carbonyl (C=O) groups is 3. The molecule has 10 nitrogen and oxygen atoms in total. The van der Waals surface area contributed by atoms with Gasteiger partial charge in [-0.1, -0.05) is 37.3 Å². The Morgan fingerprint density at radius 3 is 2.21 bits per heavy atom. The summed E-state index contributed by atoms with van der Waals surface area (Å²) in [6.07, 6.45) is 1.83. The number of anilines is 2. The van der Waals surface area contributed by atoms with Gasteiger partial charge < -0.3 is 25.2 Å². The Morgan fingerprint density at radius 1 is 1.00 bits per heavy atom. The molecule has 2 aliphatic rings. The van der Waals surface area contributed by atoms with E-state index < -0.39 is 23.8 Å². The van der Waals surface area contributed by atoms with Crippen LogP contribution in [0.3, 0.4) is 0 Å². The molecular weight excluding hydrogens is 500 g/mol. The Balaban J connectivity index is 2.07. The van der Waals surface area contributed by atoms with Crippen LogP contribution in [0.1, 0.15) is 41.6 Å². The van der Waals surface area contributed by atoms with Gasteiger partial charge in [-0.2, -0.15) is 5.26 Å². The van der Waals surface area contributed by atoms with Gasteiger partial charge in [-0.3, -0.25) is 4.90 Å². The predicted molar refractivity (Wildman–Crippen MR) is 144 cm³/mol. The molecule has 0 aliphatic carbocycles. The van der Waals surface area contributed by atoms with Crippen LogP contribution in [-0.4, -0.2) is 50.3 Å². The fraction of sp³-hybridized carbons (Fsp3) is 0.310. The lowest BCUT2D eigenvalue weighted by atomic mass is 9.80. The van der Waals surface area contributed by atoms with E-state index in [1.54, 1.807) is 36.4 Å². The van der Waals surface area contributed by atoms with Crippen molar-refractivity contribution in [1.82, 2.24) is 0 Å². The summed E-state index contributed by atoms with van der Waals surface area (Å²) in [5, 5.41) is 20.1. The summed E-state index contributed by atoms with van der Waals surface area (Å²) in [4.78, 5) is 42.1. The van der Waals surface area contributed by atoms with Gasteiger partial charge in [-0.25, -0.2) is 14.4 Å². The Kier molecular flexibility index (Phi) is 7.91. The minimum absolute atomic E-state index is 0.00759. The summed E-state index contributed by atoms with van der Waals surface area (Å²) in [6.45, 7) is 3.55. The minimum atomic E-state index is -1.19. The lowest BCUT2D eigenvalue weighted by Gasteiger charge is -2.39. The number of hydrogen-bond donors (Lipinski definition) is 2. The summed E-state index contributed by atoms with van der Waals surface area (Å²) >= 11 is 0. The van der Waals surface area contributed by atoms with Crippen molar-refractivity contribution in [1.29, 1.82) is 5.26 Å². The van der Waals surface area contributed by atoms with Gasteiger partial charge >= 0.3 is 17.9 Å². The van der Waals surface area contributed by atoms with Crippen LogP contribution in [-0.2, 0) is 19.1 Å². The average Bonchev–Trinajstić information content (AvgIpc) is 2.96. The van der Waals surface area contributed by atoms with Crippen molar-refractivity contribution in [2.75, 3.05) is 37.1 Å². The van der Waals surface area contributed by atoms with Gasteiger partial charge in [0.15, 0.2) is 0 Å². The monoisotopic (exact) mass is 530 g/mol. The lowest BCUT2D eigenvalue weighted by molar-refractivity contribution is -0.139. The number of ether oxygens (including phenoxy) is 2. The number of nitriles is 1. The number of carboxylic acids is 1. The molecule has 39 heavy (non-hydrogen) atoms. The molecule has 0 saturated carbocycles. The van der Waals surface area contributed by atoms with Crippen LogP contribution < -0.4 is 15.5 Å². The Labute approximate surface area is 226 Å². The van der Waals surface area contributed by atoms with E-state index in [4.69, 9.17) is 15.2 Å². The van der Waals surface area contributed by atoms with Gasteiger partial charge in [0, 0.05) is 13.1 Å². The number of benzene rings is 2. The second-order valence-electron chi connectivity index (χ2n) is 9.51. The minimum Gasteiger partial charge on any atom is -0.478 e. The first-order chi connectivity index (χ1) is 18.7. The molecule has 4 rings (SSSR count). The van der Waals surface area contributed by atoms with E-state index in [0.29, 0.717) is 30.3 Å². The number of carboxylic acid groups (broad SMARTS) is 1. The van der Waals surface area contributed by atoms with Gasteiger partial charge in [0.1, 0.15) is 11.5 Å². The number of esters is 2. The van der Waals surface area contributed by atoms with Crippen LogP contribution in [0, 0.1) is 17.2 Å². The normalized spacial score (nSPS) is 18.1. The molecular formula is C29H30N4O6. The molecule has 202 valence electrons. The highest BCUT2D eigenvalue weighted by molar-refractivity contribution is 6.07. The van der Waals surface area contributed by atoms with Gasteiger partial charge in [-0.05, 0) is 42.5 Å². The number of hydrogen-bond acceptors (Lipinski definition) is 9. The van der Waals surface area contributed by atoms with E-state index in [2.05, 4.69) is 17.9 Å². The van der Waals surface area contributed by atoms with Crippen molar-refractivity contribution < 1.29 is 29.0 Å². The molecule has 0 bridgehead atoms. The van der Waals surface area contributed by atoms with E-state index in [1.165, 1.54) is 31.3 Å². The van der Waals surface area contributed by atoms with E-state index in [1.807, 2.05) is 0 Å². The molecule has 10 heteroatoms. The van der Waals surface area contributed by atoms with Crippen LogP contribution in [0.25, 0.3) is 0 Å². The van der Waals surface area contributed by atoms with Crippen LogP contribution in [0.5, 0.6) is 0 Å². The fourth-order valence-corrected chi connectivity index (χ4v) is 5.12. The largest absolute Gasteiger partial charge is 0.478 e. The molecule has 1 fully saturated rings. The highest BCUT2D eigenvalue weighted by Gasteiger charge is 2.44. The highest BCUT2D eigenvalue weighted by atomic mass is 16.5. The Morgan fingerprint density at radius 2 is 1.64 bits per heavy atom. The van der Waals surface area contributed by atoms with Crippen molar-refractivity contribution in [3.05, 3.63) is 82.3 Å². The van der Waals surface area contributed by atoms with Crippen LogP contribution in [0.15, 0.2) is 71.2 Å². The smallest absolute Gasteiger partial charge is 0.355 e. The molecule has 2 aliphatic heterocycles. The van der Waals surface area contributed by atoms with E-state index in [0.717, 1.165) is 12.8 Å². The number of piperidine rings is 1. The third kappa shape index (κ3) is 5.03. The SMILES string of the molecule is COC(=O)C1=C(C(=O)OC)N(c2cc(C(=O)O)ccc2N2CCC(C)CC2)C(N)=C(C#N)C1c1ccccc1. The third-order valence-electron chi connectivity index (χ3n) is 7.20. The summed E-state index contributed by atoms with van der Waals surface area (Å²) < 4.78 is 10.2. The topological polar surface area (TPSA) is 146 Å². The first-order valence-electron chi connectivity index (χ1n) is 12.5. The molecule has 3 N–H and O–H groups in total. The van der Waals surface area contributed by atoms with Crippen LogP contribution >= 0.6 is 0 Å². The van der Waals surface area contributed by atoms with Crippen molar-refractivity contribution in [3.63, 3.8) is 0 Å². The van der Waals surface area contributed by atoms with Gasteiger partial charge in [0.2, 0.25) is 0 Å². The number of methoxy groups -OCH3 is 2. The second-order valence-corrected chi connectivity index (χ2v) is 9.51. The summed E-state index contributed by atoms with van der Waals surface area (Å²) in [5.41, 5.74) is 7.61. The Hall–Kier alpha value is -4.78. The zero-order valence-corrected chi connectivity index (χ0v) is 22.0. The van der Waals surface area contributed by atoms with Crippen molar-refractivity contribution in [2.24, 2.45) is 11.7 Å². The highest BCUT2D eigenvalue weighted by Crippen LogP contribution is 2.46. The zero-order valence-electron chi connectivity index (χ0n) is 22.0.